The number of nitrogens with zero attached hydrogens (tertiary/aromatic N) is 1. The van der Waals surface area contributed by atoms with Gasteiger partial charge < -0.3 is 8.83 Å². The summed E-state index contributed by atoms with van der Waals surface area (Å²) in [6, 6.07) is 8.56. The van der Waals surface area contributed by atoms with Crippen molar-refractivity contribution in [2.45, 2.75) is 26.8 Å². The highest BCUT2D eigenvalue weighted by Gasteiger charge is 2.15. The van der Waals surface area contributed by atoms with Gasteiger partial charge in [0.15, 0.2) is 5.58 Å². The molecule has 3 aromatic rings. The predicted molar refractivity (Wildman–Crippen MR) is 88.9 cm³/mol. The van der Waals surface area contributed by atoms with Crippen LogP contribution in [0.2, 0.25) is 0 Å². The zero-order chi connectivity index (χ0) is 18.0. The van der Waals surface area contributed by atoms with Crippen molar-refractivity contribution in [1.29, 1.82) is 0 Å². The van der Waals surface area contributed by atoms with Crippen LogP contribution in [-0.2, 0) is 11.3 Å². The van der Waals surface area contributed by atoms with Crippen molar-refractivity contribution in [1.82, 2.24) is 15.4 Å². The van der Waals surface area contributed by atoms with Crippen molar-refractivity contribution >= 4 is 22.9 Å². The van der Waals surface area contributed by atoms with Gasteiger partial charge in [0.05, 0.1) is 11.1 Å². The van der Waals surface area contributed by atoms with Crippen LogP contribution in [0.3, 0.4) is 0 Å². The smallest absolute Gasteiger partial charge is 0.419 e. The number of fused-ring (bicyclic) bond motifs is 1. The molecule has 2 heterocycles. The minimum absolute atomic E-state index is 0.00705. The zero-order valence-corrected chi connectivity index (χ0v) is 13.8. The Morgan fingerprint density at radius 2 is 1.88 bits per heavy atom. The monoisotopic (exact) mass is 343 g/mol. The van der Waals surface area contributed by atoms with Gasteiger partial charge in [0, 0.05) is 13.0 Å². The third-order valence-corrected chi connectivity index (χ3v) is 3.74. The summed E-state index contributed by atoms with van der Waals surface area (Å²) in [5.41, 5.74) is 6.09. The molecule has 0 saturated heterocycles. The number of carbonyl (C=O) groups excluding carboxylic acids is 2. The van der Waals surface area contributed by atoms with E-state index < -0.39 is 17.6 Å². The quantitative estimate of drug-likeness (QED) is 0.701. The largest absolute Gasteiger partial charge is 0.466 e. The highest BCUT2D eigenvalue weighted by atomic mass is 16.4. The van der Waals surface area contributed by atoms with Crippen molar-refractivity contribution in [2.75, 3.05) is 0 Å². The number of para-hydroxylation sites is 2. The molecule has 2 amide bonds. The van der Waals surface area contributed by atoms with Crippen LogP contribution in [0, 0.1) is 13.8 Å². The summed E-state index contributed by atoms with van der Waals surface area (Å²) < 4.78 is 11.7. The first-order valence-electron chi connectivity index (χ1n) is 7.70. The summed E-state index contributed by atoms with van der Waals surface area (Å²) >= 11 is 0. The van der Waals surface area contributed by atoms with Gasteiger partial charge in [0.2, 0.25) is 5.91 Å². The molecule has 0 unspecified atom stereocenters. The first-order valence-corrected chi connectivity index (χ1v) is 7.70. The molecular formula is C17H17N3O5. The maximum atomic E-state index is 12.0. The van der Waals surface area contributed by atoms with Gasteiger partial charge in [-0.2, -0.15) is 0 Å². The predicted octanol–water partition coefficient (Wildman–Crippen LogP) is 1.66. The number of amides is 2. The Labute approximate surface area is 142 Å². The van der Waals surface area contributed by atoms with Crippen molar-refractivity contribution < 1.29 is 18.4 Å². The minimum atomic E-state index is -0.525. The summed E-state index contributed by atoms with van der Waals surface area (Å²) in [7, 11) is 0. The lowest BCUT2D eigenvalue weighted by atomic mass is 10.2. The first-order chi connectivity index (χ1) is 12.0. The van der Waals surface area contributed by atoms with Gasteiger partial charge >= 0.3 is 5.76 Å². The Morgan fingerprint density at radius 1 is 1.12 bits per heavy atom. The molecule has 130 valence electrons. The average molecular weight is 343 g/mol. The van der Waals surface area contributed by atoms with Gasteiger partial charge in [-0.3, -0.25) is 25.0 Å². The van der Waals surface area contributed by atoms with Gasteiger partial charge in [-0.25, -0.2) is 4.79 Å². The molecule has 0 spiro atoms. The second-order valence-corrected chi connectivity index (χ2v) is 5.57. The SMILES string of the molecule is Cc1cc(C(=O)NNC(=O)CCn2c(=O)oc3ccccc32)c(C)o1. The number of aromatic nitrogens is 1. The van der Waals surface area contributed by atoms with Crippen LogP contribution < -0.4 is 16.6 Å². The van der Waals surface area contributed by atoms with E-state index in [2.05, 4.69) is 10.9 Å². The Bertz CT molecular complexity index is 995. The number of hydrogen-bond donors (Lipinski definition) is 2. The van der Waals surface area contributed by atoms with Crippen molar-refractivity contribution in [3.63, 3.8) is 0 Å². The molecule has 0 aliphatic rings. The van der Waals surface area contributed by atoms with E-state index in [9.17, 15) is 14.4 Å². The number of carbonyl (C=O) groups is 2. The number of hydrogen-bond acceptors (Lipinski definition) is 5. The lowest BCUT2D eigenvalue weighted by molar-refractivity contribution is -0.122. The van der Waals surface area contributed by atoms with E-state index in [-0.39, 0.29) is 13.0 Å². The summed E-state index contributed by atoms with van der Waals surface area (Å²) in [6.45, 7) is 3.54. The molecule has 0 fully saturated rings. The first kappa shape index (κ1) is 16.6. The van der Waals surface area contributed by atoms with Gasteiger partial charge in [0.1, 0.15) is 11.5 Å². The lowest BCUT2D eigenvalue weighted by Gasteiger charge is -2.07. The molecular weight excluding hydrogens is 326 g/mol. The van der Waals surface area contributed by atoms with Crippen LogP contribution in [0.15, 0.2) is 44.0 Å². The topological polar surface area (TPSA) is 106 Å². The van der Waals surface area contributed by atoms with Gasteiger partial charge in [0.25, 0.3) is 5.91 Å². The zero-order valence-electron chi connectivity index (χ0n) is 13.8. The van der Waals surface area contributed by atoms with Gasteiger partial charge in [-0.1, -0.05) is 12.1 Å². The number of rotatable bonds is 4. The summed E-state index contributed by atoms with van der Waals surface area (Å²) in [5, 5.41) is 0. The molecule has 0 bridgehead atoms. The Balaban J connectivity index is 1.58. The third kappa shape index (κ3) is 3.47. The molecule has 0 saturated carbocycles. The van der Waals surface area contributed by atoms with Crippen LogP contribution in [-0.4, -0.2) is 16.4 Å². The van der Waals surface area contributed by atoms with Crippen LogP contribution in [0.5, 0.6) is 0 Å². The second kappa shape index (κ2) is 6.68. The highest BCUT2D eigenvalue weighted by Crippen LogP contribution is 2.13. The van der Waals surface area contributed by atoms with E-state index in [0.717, 1.165) is 0 Å². The van der Waals surface area contributed by atoms with E-state index in [1.807, 2.05) is 0 Å². The maximum Gasteiger partial charge on any atom is 0.419 e. The molecule has 3 rings (SSSR count). The third-order valence-electron chi connectivity index (χ3n) is 3.74. The number of benzene rings is 1. The van der Waals surface area contributed by atoms with E-state index in [0.29, 0.717) is 28.2 Å². The molecule has 8 nitrogen and oxygen atoms in total. The van der Waals surface area contributed by atoms with E-state index in [1.54, 1.807) is 44.2 Å². The van der Waals surface area contributed by atoms with Crippen molar-refractivity contribution in [3.05, 3.63) is 58.0 Å². The molecule has 2 N–H and O–H groups in total. The number of nitrogens with one attached hydrogen (secondary N) is 2. The molecule has 1 aromatic carbocycles. The average Bonchev–Trinajstić information content (AvgIpc) is 3.08. The molecule has 0 aliphatic heterocycles. The highest BCUT2D eigenvalue weighted by molar-refractivity contribution is 5.96. The Hall–Kier alpha value is -3.29. The van der Waals surface area contributed by atoms with Gasteiger partial charge in [-0.15, -0.1) is 0 Å². The number of aryl methyl sites for hydroxylation is 3. The minimum Gasteiger partial charge on any atom is -0.466 e. The van der Waals surface area contributed by atoms with Crippen LogP contribution in [0.4, 0.5) is 0 Å². The number of oxazole rings is 1. The van der Waals surface area contributed by atoms with Crippen molar-refractivity contribution in [3.8, 4) is 0 Å². The molecule has 0 atom stereocenters. The van der Waals surface area contributed by atoms with Crippen molar-refractivity contribution in [2.24, 2.45) is 0 Å². The Kier molecular flexibility index (Phi) is 4.42. The van der Waals surface area contributed by atoms with Gasteiger partial charge in [-0.05, 0) is 32.0 Å². The summed E-state index contributed by atoms with van der Waals surface area (Å²) in [5.74, 6) is -0.333. The molecule has 2 aromatic heterocycles. The summed E-state index contributed by atoms with van der Waals surface area (Å²) in [4.78, 5) is 35.7. The maximum absolute atomic E-state index is 12.0. The fourth-order valence-electron chi connectivity index (χ4n) is 2.55. The van der Waals surface area contributed by atoms with Crippen LogP contribution in [0.1, 0.15) is 28.3 Å². The number of furan rings is 1. The van der Waals surface area contributed by atoms with Crippen LogP contribution >= 0.6 is 0 Å². The normalized spacial score (nSPS) is 10.8. The lowest BCUT2D eigenvalue weighted by Crippen LogP contribution is -2.42. The fourth-order valence-corrected chi connectivity index (χ4v) is 2.55. The van der Waals surface area contributed by atoms with Crippen LogP contribution in [0.25, 0.3) is 11.1 Å². The molecule has 25 heavy (non-hydrogen) atoms. The number of hydrazine groups is 1. The summed E-state index contributed by atoms with van der Waals surface area (Å²) in [6.07, 6.45) is 0.00705. The van der Waals surface area contributed by atoms with E-state index >= 15 is 0 Å². The second-order valence-electron chi connectivity index (χ2n) is 5.57. The standard InChI is InChI=1S/C17H17N3O5/c1-10-9-12(11(2)24-10)16(22)19-18-15(21)7-8-20-13-5-3-4-6-14(13)25-17(20)23/h3-6,9H,7-8H2,1-2H3,(H,18,21)(H,19,22). The Morgan fingerprint density at radius 3 is 2.60 bits per heavy atom. The van der Waals surface area contributed by atoms with E-state index in [4.69, 9.17) is 8.83 Å². The van der Waals surface area contributed by atoms with E-state index in [1.165, 1.54) is 4.57 Å². The molecule has 0 radical (unpaired) electrons. The molecule has 8 heteroatoms. The fraction of sp³-hybridized carbons (Fsp3) is 0.235. The molecule has 0 aliphatic carbocycles.